The first-order chi connectivity index (χ1) is 17.9. The average molecular weight is 474 g/mol. The molecule has 2 aromatic heterocycles. The van der Waals surface area contributed by atoms with Gasteiger partial charge in [0.1, 0.15) is 0 Å². The van der Waals surface area contributed by atoms with Gasteiger partial charge in [-0.25, -0.2) is 0 Å². The van der Waals surface area contributed by atoms with Crippen LogP contribution in [0.25, 0.3) is 80.7 Å². The predicted molar refractivity (Wildman–Crippen MR) is 156 cm³/mol. The van der Waals surface area contributed by atoms with E-state index < -0.39 is 0 Å². The monoisotopic (exact) mass is 473 g/mol. The van der Waals surface area contributed by atoms with Crippen LogP contribution in [0.1, 0.15) is 0 Å². The molecule has 0 fully saturated rings. The Morgan fingerprint density at radius 2 is 1.17 bits per heavy atom. The highest BCUT2D eigenvalue weighted by Gasteiger charge is 2.31. The van der Waals surface area contributed by atoms with E-state index in [0.717, 1.165) is 0 Å². The van der Waals surface area contributed by atoms with E-state index in [1.54, 1.807) is 0 Å². The number of fused-ring (bicyclic) bond motifs is 12. The van der Waals surface area contributed by atoms with Crippen LogP contribution in [0.15, 0.2) is 115 Å². The molecule has 0 amide bonds. The third-order valence-corrected chi connectivity index (χ3v) is 9.07. The molecule has 0 spiro atoms. The van der Waals surface area contributed by atoms with Gasteiger partial charge in [0, 0.05) is 43.1 Å². The summed E-state index contributed by atoms with van der Waals surface area (Å²) in [6.45, 7) is 0. The lowest BCUT2D eigenvalue weighted by Crippen LogP contribution is -1.93. The van der Waals surface area contributed by atoms with Crippen molar-refractivity contribution >= 4 is 64.1 Å². The molecule has 0 N–H and O–H groups in total. The van der Waals surface area contributed by atoms with Crippen molar-refractivity contribution in [2.45, 2.75) is 0 Å². The number of hydrogen-bond acceptors (Lipinski definition) is 1. The van der Waals surface area contributed by atoms with Crippen LogP contribution in [-0.4, -0.2) is 4.57 Å². The third-order valence-electron chi connectivity index (χ3n) is 7.89. The first-order valence-corrected chi connectivity index (χ1v) is 13.2. The summed E-state index contributed by atoms with van der Waals surface area (Å²) in [6, 6.07) is 42.3. The minimum atomic E-state index is 1.20. The second-order valence-corrected chi connectivity index (χ2v) is 10.7. The van der Waals surface area contributed by atoms with E-state index in [-0.39, 0.29) is 0 Å². The van der Waals surface area contributed by atoms with Gasteiger partial charge in [-0.05, 0) is 46.2 Å². The SMILES string of the molecule is c1ccc(-n2c3ccccc3c3c4c(c5c6ccccc6sc5c32)-c2cccc3cccc-4c23)cc1. The molecule has 1 nitrogen and oxygen atoms in total. The standard InChI is InChI=1S/C34H19NS/c1-2-12-21(13-3-1)35-26-18-6-4-14-22(26)31-29-24-16-8-10-20-11-9-17-25(28(20)24)30(29)32-23-15-5-7-19-27(23)36-34(32)33(31)35/h1-19H. The van der Waals surface area contributed by atoms with Gasteiger partial charge in [-0.3, -0.25) is 0 Å². The summed E-state index contributed by atoms with van der Waals surface area (Å²) in [5.74, 6) is 0. The Hall–Kier alpha value is -4.40. The van der Waals surface area contributed by atoms with Crippen LogP contribution in [0.3, 0.4) is 0 Å². The van der Waals surface area contributed by atoms with E-state index >= 15 is 0 Å². The van der Waals surface area contributed by atoms with Crippen molar-refractivity contribution in [2.24, 2.45) is 0 Å². The van der Waals surface area contributed by atoms with Gasteiger partial charge in [-0.1, -0.05) is 91.0 Å². The molecule has 1 aliphatic rings. The van der Waals surface area contributed by atoms with Gasteiger partial charge >= 0.3 is 0 Å². The van der Waals surface area contributed by atoms with E-state index in [9.17, 15) is 0 Å². The number of rotatable bonds is 1. The number of thiophene rings is 1. The van der Waals surface area contributed by atoms with Crippen molar-refractivity contribution in [1.82, 2.24) is 4.57 Å². The summed E-state index contributed by atoms with van der Waals surface area (Å²) >= 11 is 1.93. The molecular weight excluding hydrogens is 454 g/mol. The highest BCUT2D eigenvalue weighted by atomic mass is 32.1. The average Bonchev–Trinajstić information content (AvgIpc) is 3.59. The second-order valence-electron chi connectivity index (χ2n) is 9.67. The van der Waals surface area contributed by atoms with Crippen LogP contribution in [0.4, 0.5) is 0 Å². The maximum absolute atomic E-state index is 2.49. The lowest BCUT2D eigenvalue weighted by atomic mass is 9.94. The molecule has 2 heteroatoms. The molecule has 6 aromatic carbocycles. The molecule has 0 saturated carbocycles. The fourth-order valence-electron chi connectivity index (χ4n) is 6.56. The van der Waals surface area contributed by atoms with Crippen LogP contribution < -0.4 is 0 Å². The number of aromatic nitrogens is 1. The molecule has 0 radical (unpaired) electrons. The van der Waals surface area contributed by atoms with Crippen LogP contribution in [0, 0.1) is 0 Å². The highest BCUT2D eigenvalue weighted by molar-refractivity contribution is 7.26. The lowest BCUT2D eigenvalue weighted by Gasteiger charge is -2.12. The number of para-hydroxylation sites is 2. The number of hydrogen-bond donors (Lipinski definition) is 0. The molecule has 8 aromatic rings. The molecule has 166 valence electrons. The Labute approximate surface area is 211 Å². The Morgan fingerprint density at radius 1 is 0.500 bits per heavy atom. The largest absolute Gasteiger partial charge is 0.308 e. The number of nitrogens with zero attached hydrogens (tertiary/aromatic N) is 1. The smallest absolute Gasteiger partial charge is 0.0726 e. The predicted octanol–water partition coefficient (Wildman–Crippen LogP) is 9.95. The Balaban J connectivity index is 1.67. The van der Waals surface area contributed by atoms with Crippen molar-refractivity contribution < 1.29 is 0 Å². The van der Waals surface area contributed by atoms with Gasteiger partial charge in [0.05, 0.1) is 15.7 Å². The molecular formula is C34H19NS. The van der Waals surface area contributed by atoms with E-state index in [1.165, 1.54) is 80.7 Å². The first kappa shape index (κ1) is 18.9. The number of benzene rings is 6. The van der Waals surface area contributed by atoms with Gasteiger partial charge in [-0.2, -0.15) is 0 Å². The second kappa shape index (κ2) is 6.63. The zero-order valence-electron chi connectivity index (χ0n) is 19.3. The first-order valence-electron chi connectivity index (χ1n) is 12.4. The van der Waals surface area contributed by atoms with Crippen LogP contribution in [-0.2, 0) is 0 Å². The van der Waals surface area contributed by atoms with Gasteiger partial charge in [-0.15, -0.1) is 11.3 Å². The van der Waals surface area contributed by atoms with Crippen LogP contribution in [0.5, 0.6) is 0 Å². The quantitative estimate of drug-likeness (QED) is 0.223. The van der Waals surface area contributed by atoms with Gasteiger partial charge < -0.3 is 4.57 Å². The minimum absolute atomic E-state index is 1.20. The summed E-state index contributed by atoms with van der Waals surface area (Å²) in [4.78, 5) is 0. The molecule has 1 aliphatic carbocycles. The minimum Gasteiger partial charge on any atom is -0.308 e. The van der Waals surface area contributed by atoms with Gasteiger partial charge in [0.2, 0.25) is 0 Å². The fraction of sp³-hybridized carbons (Fsp3) is 0. The third kappa shape index (κ3) is 2.17. The maximum atomic E-state index is 2.49. The Morgan fingerprint density at radius 3 is 1.97 bits per heavy atom. The Bertz CT molecular complexity index is 2190. The van der Waals surface area contributed by atoms with E-state index in [2.05, 4.69) is 120 Å². The zero-order valence-corrected chi connectivity index (χ0v) is 20.1. The highest BCUT2D eigenvalue weighted by Crippen LogP contribution is 2.58. The summed E-state index contributed by atoms with van der Waals surface area (Å²) in [7, 11) is 0. The summed E-state index contributed by atoms with van der Waals surface area (Å²) < 4.78 is 5.20. The zero-order chi connectivity index (χ0) is 23.4. The van der Waals surface area contributed by atoms with E-state index in [4.69, 9.17) is 0 Å². The van der Waals surface area contributed by atoms with Gasteiger partial charge in [0.25, 0.3) is 0 Å². The molecule has 0 bridgehead atoms. The van der Waals surface area contributed by atoms with Crippen LogP contribution in [0.2, 0.25) is 0 Å². The van der Waals surface area contributed by atoms with E-state index in [0.29, 0.717) is 0 Å². The summed E-state index contributed by atoms with van der Waals surface area (Å²) in [6.07, 6.45) is 0. The maximum Gasteiger partial charge on any atom is 0.0726 e. The Kier molecular flexibility index (Phi) is 3.47. The molecule has 0 unspecified atom stereocenters. The van der Waals surface area contributed by atoms with Crippen molar-refractivity contribution in [3.63, 3.8) is 0 Å². The molecule has 2 heterocycles. The van der Waals surface area contributed by atoms with Crippen LogP contribution >= 0.6 is 11.3 Å². The van der Waals surface area contributed by atoms with Crippen molar-refractivity contribution in [3.05, 3.63) is 115 Å². The molecule has 36 heavy (non-hydrogen) atoms. The van der Waals surface area contributed by atoms with Gasteiger partial charge in [0.15, 0.2) is 0 Å². The normalized spacial score (nSPS) is 12.4. The molecule has 0 aliphatic heterocycles. The summed E-state index contributed by atoms with van der Waals surface area (Å²) in [5, 5.41) is 8.13. The topological polar surface area (TPSA) is 4.93 Å². The van der Waals surface area contributed by atoms with Crippen molar-refractivity contribution in [3.8, 4) is 27.9 Å². The van der Waals surface area contributed by atoms with E-state index in [1.807, 2.05) is 11.3 Å². The van der Waals surface area contributed by atoms with Crippen molar-refractivity contribution in [1.29, 1.82) is 0 Å². The molecule has 0 saturated heterocycles. The molecule has 0 atom stereocenters. The molecule has 9 rings (SSSR count). The summed E-state index contributed by atoms with van der Waals surface area (Å²) in [5.41, 5.74) is 9.30. The van der Waals surface area contributed by atoms with Crippen molar-refractivity contribution in [2.75, 3.05) is 0 Å². The lowest BCUT2D eigenvalue weighted by molar-refractivity contribution is 1.19. The fourth-order valence-corrected chi connectivity index (χ4v) is 7.81.